The maximum atomic E-state index is 14.5. The summed E-state index contributed by atoms with van der Waals surface area (Å²) in [6, 6.07) is 25.6. The summed E-state index contributed by atoms with van der Waals surface area (Å²) in [6.07, 6.45) is 1.29. The minimum atomic E-state index is -0.623. The van der Waals surface area contributed by atoms with Gasteiger partial charge in [0.1, 0.15) is 11.5 Å². The number of nitrogens with one attached hydrogen (secondary N) is 3. The SMILES string of the molecule is Cc1cc(C)cc(NC(=O)CSc2ccc(NC(=O)C(=Cc3cc(Br)ccc3F)NC(=O)c3ccccc3)cc2)c1. The van der Waals surface area contributed by atoms with Gasteiger partial charge in [0.05, 0.1) is 5.75 Å². The van der Waals surface area contributed by atoms with E-state index in [1.165, 1.54) is 30.0 Å². The topological polar surface area (TPSA) is 87.3 Å². The van der Waals surface area contributed by atoms with Crippen LogP contribution < -0.4 is 16.0 Å². The first-order chi connectivity index (χ1) is 19.7. The van der Waals surface area contributed by atoms with Gasteiger partial charge < -0.3 is 16.0 Å². The fourth-order valence-corrected chi connectivity index (χ4v) is 5.03. The molecule has 0 aliphatic carbocycles. The quantitative estimate of drug-likeness (QED) is 0.133. The molecule has 0 aliphatic rings. The molecule has 0 aliphatic heterocycles. The number of anilines is 2. The van der Waals surface area contributed by atoms with E-state index in [0.29, 0.717) is 15.7 Å². The van der Waals surface area contributed by atoms with Gasteiger partial charge in [-0.3, -0.25) is 14.4 Å². The summed E-state index contributed by atoms with van der Waals surface area (Å²) in [6.45, 7) is 3.96. The molecule has 0 heterocycles. The van der Waals surface area contributed by atoms with Gasteiger partial charge in [-0.2, -0.15) is 0 Å². The second kappa shape index (κ2) is 13.9. The Morgan fingerprint density at radius 3 is 2.20 bits per heavy atom. The normalized spacial score (nSPS) is 11.1. The lowest BCUT2D eigenvalue weighted by atomic mass is 10.1. The Kier molecular flexibility index (Phi) is 10.1. The summed E-state index contributed by atoms with van der Waals surface area (Å²) in [5, 5.41) is 8.25. The van der Waals surface area contributed by atoms with E-state index in [9.17, 15) is 18.8 Å². The van der Waals surface area contributed by atoms with Crippen LogP contribution in [0.2, 0.25) is 0 Å². The van der Waals surface area contributed by atoms with Crippen molar-refractivity contribution in [3.63, 3.8) is 0 Å². The van der Waals surface area contributed by atoms with Crippen LogP contribution in [0.4, 0.5) is 15.8 Å². The molecule has 0 spiro atoms. The molecule has 0 bridgehead atoms. The van der Waals surface area contributed by atoms with E-state index in [1.807, 2.05) is 32.0 Å². The predicted molar refractivity (Wildman–Crippen MR) is 166 cm³/mol. The molecule has 4 aromatic rings. The van der Waals surface area contributed by atoms with E-state index in [1.54, 1.807) is 60.7 Å². The summed E-state index contributed by atoms with van der Waals surface area (Å²) >= 11 is 4.67. The van der Waals surface area contributed by atoms with Crippen LogP contribution in [0.5, 0.6) is 0 Å². The van der Waals surface area contributed by atoms with Crippen molar-refractivity contribution in [1.82, 2.24) is 5.32 Å². The Balaban J connectivity index is 1.43. The summed E-state index contributed by atoms with van der Waals surface area (Å²) in [5.41, 5.74) is 3.73. The van der Waals surface area contributed by atoms with E-state index in [4.69, 9.17) is 0 Å². The maximum absolute atomic E-state index is 14.5. The molecule has 9 heteroatoms. The molecule has 0 aromatic heterocycles. The van der Waals surface area contributed by atoms with Crippen molar-refractivity contribution in [2.45, 2.75) is 18.7 Å². The summed E-state index contributed by atoms with van der Waals surface area (Å²) < 4.78 is 15.1. The third kappa shape index (κ3) is 8.89. The first-order valence-corrected chi connectivity index (χ1v) is 14.4. The number of benzene rings is 4. The molecule has 41 heavy (non-hydrogen) atoms. The van der Waals surface area contributed by atoms with Crippen LogP contribution in [-0.2, 0) is 9.59 Å². The number of carbonyl (C=O) groups is 3. The lowest BCUT2D eigenvalue weighted by Crippen LogP contribution is -2.30. The zero-order valence-corrected chi connectivity index (χ0v) is 24.7. The van der Waals surface area contributed by atoms with Gasteiger partial charge in [-0.25, -0.2) is 4.39 Å². The summed E-state index contributed by atoms with van der Waals surface area (Å²) in [7, 11) is 0. The molecule has 0 unspecified atom stereocenters. The van der Waals surface area contributed by atoms with Crippen LogP contribution in [-0.4, -0.2) is 23.5 Å². The summed E-state index contributed by atoms with van der Waals surface area (Å²) in [4.78, 5) is 39.3. The monoisotopic (exact) mass is 631 g/mol. The molecule has 3 amide bonds. The van der Waals surface area contributed by atoms with Crippen molar-refractivity contribution < 1.29 is 18.8 Å². The predicted octanol–water partition coefficient (Wildman–Crippen LogP) is 7.35. The van der Waals surface area contributed by atoms with Crippen molar-refractivity contribution in [2.75, 3.05) is 16.4 Å². The molecule has 0 atom stereocenters. The van der Waals surface area contributed by atoms with Crippen molar-refractivity contribution in [1.29, 1.82) is 0 Å². The third-order valence-corrected chi connectivity index (χ3v) is 7.28. The van der Waals surface area contributed by atoms with E-state index >= 15 is 0 Å². The zero-order chi connectivity index (χ0) is 29.4. The van der Waals surface area contributed by atoms with Crippen molar-refractivity contribution >= 4 is 62.9 Å². The van der Waals surface area contributed by atoms with Gasteiger partial charge in [0.25, 0.3) is 11.8 Å². The highest BCUT2D eigenvalue weighted by Gasteiger charge is 2.16. The third-order valence-electron chi connectivity index (χ3n) is 5.77. The van der Waals surface area contributed by atoms with Crippen molar-refractivity contribution in [3.05, 3.63) is 129 Å². The van der Waals surface area contributed by atoms with E-state index in [2.05, 4.69) is 31.9 Å². The van der Waals surface area contributed by atoms with Gasteiger partial charge in [-0.15, -0.1) is 11.8 Å². The highest BCUT2D eigenvalue weighted by molar-refractivity contribution is 9.10. The highest BCUT2D eigenvalue weighted by Crippen LogP contribution is 2.23. The van der Waals surface area contributed by atoms with Crippen molar-refractivity contribution in [2.24, 2.45) is 0 Å². The fraction of sp³-hybridized carbons (Fsp3) is 0.0938. The largest absolute Gasteiger partial charge is 0.325 e. The Labute approximate surface area is 250 Å². The van der Waals surface area contributed by atoms with Crippen LogP contribution >= 0.6 is 27.7 Å². The zero-order valence-electron chi connectivity index (χ0n) is 22.3. The van der Waals surface area contributed by atoms with E-state index < -0.39 is 17.6 Å². The Morgan fingerprint density at radius 2 is 1.51 bits per heavy atom. The molecule has 4 rings (SSSR count). The standard InChI is InChI=1S/C32H27BrFN3O3S/c1-20-14-21(2)16-26(15-20)35-30(38)19-41-27-11-9-25(10-12-27)36-32(40)29(18-23-17-24(33)8-13-28(23)34)37-31(39)22-6-4-3-5-7-22/h3-18H,19H2,1-2H3,(H,35,38)(H,36,40)(H,37,39). The number of hydrogen-bond donors (Lipinski definition) is 3. The first kappa shape index (κ1) is 29.8. The highest BCUT2D eigenvalue weighted by atomic mass is 79.9. The number of rotatable bonds is 9. The molecule has 208 valence electrons. The average Bonchev–Trinajstić information content (AvgIpc) is 2.94. The van der Waals surface area contributed by atoms with Gasteiger partial charge in [-0.1, -0.05) is 40.2 Å². The van der Waals surface area contributed by atoms with Crippen molar-refractivity contribution in [3.8, 4) is 0 Å². The van der Waals surface area contributed by atoms with E-state index in [-0.39, 0.29) is 22.9 Å². The minimum absolute atomic E-state index is 0.124. The van der Waals surface area contributed by atoms with Crippen LogP contribution in [0.1, 0.15) is 27.0 Å². The Morgan fingerprint density at radius 1 is 0.829 bits per heavy atom. The molecular weight excluding hydrogens is 605 g/mol. The van der Waals surface area contributed by atoms with E-state index in [0.717, 1.165) is 21.7 Å². The second-order valence-corrected chi connectivity index (χ2v) is 11.2. The molecule has 6 nitrogen and oxygen atoms in total. The number of carbonyl (C=O) groups excluding carboxylic acids is 3. The molecule has 0 radical (unpaired) electrons. The van der Waals surface area contributed by atoms with Crippen LogP contribution in [0, 0.1) is 19.7 Å². The smallest absolute Gasteiger partial charge is 0.272 e. The van der Waals surface area contributed by atoms with Crippen LogP contribution in [0.3, 0.4) is 0 Å². The average molecular weight is 633 g/mol. The number of aryl methyl sites for hydroxylation is 2. The number of halogens is 2. The lowest BCUT2D eigenvalue weighted by molar-refractivity contribution is -0.114. The van der Waals surface area contributed by atoms with Gasteiger partial charge in [0.2, 0.25) is 5.91 Å². The summed E-state index contributed by atoms with van der Waals surface area (Å²) in [5.74, 6) is -1.58. The lowest BCUT2D eigenvalue weighted by Gasteiger charge is -2.12. The number of hydrogen-bond acceptors (Lipinski definition) is 4. The number of thioether (sulfide) groups is 1. The second-order valence-electron chi connectivity index (χ2n) is 9.24. The molecule has 0 saturated carbocycles. The molecule has 4 aromatic carbocycles. The van der Waals surface area contributed by atoms with Gasteiger partial charge in [0, 0.05) is 31.9 Å². The van der Waals surface area contributed by atoms with Crippen LogP contribution in [0.25, 0.3) is 6.08 Å². The van der Waals surface area contributed by atoms with Gasteiger partial charge >= 0.3 is 0 Å². The number of amides is 3. The molecule has 3 N–H and O–H groups in total. The Hall–Kier alpha value is -4.21. The van der Waals surface area contributed by atoms with Gasteiger partial charge in [0.15, 0.2) is 0 Å². The maximum Gasteiger partial charge on any atom is 0.272 e. The minimum Gasteiger partial charge on any atom is -0.325 e. The first-order valence-electron chi connectivity index (χ1n) is 12.6. The Bertz CT molecular complexity index is 1590. The fourth-order valence-electron chi connectivity index (χ4n) is 3.95. The molecule has 0 saturated heterocycles. The molecular formula is C32H27BrFN3O3S. The van der Waals surface area contributed by atoms with Crippen LogP contribution in [0.15, 0.2) is 106 Å². The van der Waals surface area contributed by atoms with Gasteiger partial charge in [-0.05, 0) is 97.8 Å². The molecule has 0 fully saturated rings.